The van der Waals surface area contributed by atoms with Gasteiger partial charge in [0.2, 0.25) is 0 Å². The number of hydrogen-bond donors (Lipinski definition) is 1. The van der Waals surface area contributed by atoms with Crippen molar-refractivity contribution in [1.82, 2.24) is 0 Å². The van der Waals surface area contributed by atoms with Crippen molar-refractivity contribution in [3.8, 4) is 16.9 Å². The van der Waals surface area contributed by atoms with Gasteiger partial charge in [-0.05, 0) is 41.6 Å². The van der Waals surface area contributed by atoms with E-state index in [1.54, 1.807) is 36.0 Å². The van der Waals surface area contributed by atoms with Crippen LogP contribution in [-0.4, -0.2) is 14.7 Å². The first-order valence-corrected chi connectivity index (χ1v) is 8.14. The number of hydrogen-bond acceptors (Lipinski definition) is 4. The molecular formula is C13H13NO3S2. The lowest BCUT2D eigenvalue weighted by Gasteiger charge is -2.05. The molecule has 0 aliphatic rings. The molecule has 0 unspecified atom stereocenters. The van der Waals surface area contributed by atoms with Gasteiger partial charge in [0, 0.05) is 4.90 Å². The fourth-order valence-corrected chi connectivity index (χ4v) is 2.41. The average Bonchev–Trinajstić information content (AvgIpc) is 2.38. The Morgan fingerprint density at radius 3 is 1.84 bits per heavy atom. The Kier molecular flexibility index (Phi) is 4.14. The summed E-state index contributed by atoms with van der Waals surface area (Å²) in [5.74, 6) is 0.201. The number of thioether (sulfide) groups is 1. The summed E-state index contributed by atoms with van der Waals surface area (Å²) in [6.07, 6.45) is 2.02. The van der Waals surface area contributed by atoms with Crippen LogP contribution in [0, 0.1) is 0 Å². The van der Waals surface area contributed by atoms with Gasteiger partial charge < -0.3 is 4.18 Å². The van der Waals surface area contributed by atoms with Gasteiger partial charge in [0.1, 0.15) is 5.75 Å². The Morgan fingerprint density at radius 1 is 0.947 bits per heavy atom. The van der Waals surface area contributed by atoms with E-state index in [2.05, 4.69) is 4.18 Å². The van der Waals surface area contributed by atoms with Crippen molar-refractivity contribution in [3.05, 3.63) is 48.5 Å². The van der Waals surface area contributed by atoms with E-state index in [0.29, 0.717) is 0 Å². The normalized spacial score (nSPS) is 11.3. The van der Waals surface area contributed by atoms with Crippen molar-refractivity contribution < 1.29 is 12.6 Å². The Labute approximate surface area is 116 Å². The highest BCUT2D eigenvalue weighted by Gasteiger charge is 2.05. The zero-order valence-electron chi connectivity index (χ0n) is 10.2. The molecular weight excluding hydrogens is 282 g/mol. The summed E-state index contributed by atoms with van der Waals surface area (Å²) < 4.78 is 26.1. The standard InChI is InChI=1S/C13H13NO3S2/c1-18-13-8-4-11(5-9-13)10-2-6-12(7-3-10)17-19(14,15)16/h2-9H,1H3,(H2,14,15,16). The maximum absolute atomic E-state index is 10.8. The molecule has 0 amide bonds. The highest BCUT2D eigenvalue weighted by molar-refractivity contribution is 7.98. The Morgan fingerprint density at radius 2 is 1.42 bits per heavy atom. The predicted molar refractivity (Wildman–Crippen MR) is 77.4 cm³/mol. The third kappa shape index (κ3) is 3.99. The summed E-state index contributed by atoms with van der Waals surface area (Å²) in [4.78, 5) is 1.19. The van der Waals surface area contributed by atoms with Crippen molar-refractivity contribution in [1.29, 1.82) is 0 Å². The van der Waals surface area contributed by atoms with Crippen LogP contribution >= 0.6 is 11.8 Å². The second-order valence-electron chi connectivity index (χ2n) is 3.83. The van der Waals surface area contributed by atoms with E-state index in [-0.39, 0.29) is 5.75 Å². The van der Waals surface area contributed by atoms with Crippen LogP contribution < -0.4 is 9.32 Å². The zero-order chi connectivity index (χ0) is 13.9. The van der Waals surface area contributed by atoms with Crippen molar-refractivity contribution in [2.24, 2.45) is 5.14 Å². The number of rotatable bonds is 4. The van der Waals surface area contributed by atoms with Gasteiger partial charge in [0.15, 0.2) is 0 Å². The molecule has 0 aliphatic carbocycles. The molecule has 0 aromatic heterocycles. The topological polar surface area (TPSA) is 69.4 Å². The van der Waals surface area contributed by atoms with Crippen LogP contribution in [0.2, 0.25) is 0 Å². The van der Waals surface area contributed by atoms with Gasteiger partial charge in [-0.25, -0.2) is 0 Å². The molecule has 2 N–H and O–H groups in total. The third-order valence-corrected chi connectivity index (χ3v) is 3.66. The van der Waals surface area contributed by atoms with Crippen LogP contribution in [0.15, 0.2) is 53.4 Å². The Balaban J connectivity index is 2.22. The Hall–Kier alpha value is -1.50. The van der Waals surface area contributed by atoms with Gasteiger partial charge >= 0.3 is 10.3 Å². The first kappa shape index (κ1) is 13.9. The second kappa shape index (κ2) is 5.64. The minimum Gasteiger partial charge on any atom is -0.371 e. The van der Waals surface area contributed by atoms with Crippen LogP contribution in [0.1, 0.15) is 0 Å². The molecule has 0 fully saturated rings. The highest BCUT2D eigenvalue weighted by Crippen LogP contribution is 2.25. The predicted octanol–water partition coefficient (Wildman–Crippen LogP) is 2.66. The van der Waals surface area contributed by atoms with Gasteiger partial charge in [0.05, 0.1) is 0 Å². The van der Waals surface area contributed by atoms with Gasteiger partial charge in [-0.2, -0.15) is 13.6 Å². The highest BCUT2D eigenvalue weighted by atomic mass is 32.2. The first-order valence-electron chi connectivity index (χ1n) is 5.44. The van der Waals surface area contributed by atoms with Crippen LogP contribution in [0.25, 0.3) is 11.1 Å². The zero-order valence-corrected chi connectivity index (χ0v) is 11.9. The minimum absolute atomic E-state index is 0.201. The fraction of sp³-hybridized carbons (Fsp3) is 0.0769. The van der Waals surface area contributed by atoms with Gasteiger partial charge in [-0.3, -0.25) is 0 Å². The maximum atomic E-state index is 10.8. The minimum atomic E-state index is -3.97. The molecule has 2 aromatic carbocycles. The molecule has 6 heteroatoms. The largest absolute Gasteiger partial charge is 0.380 e. The lowest BCUT2D eigenvalue weighted by Crippen LogP contribution is -2.18. The van der Waals surface area contributed by atoms with E-state index in [0.717, 1.165) is 11.1 Å². The number of nitrogens with two attached hydrogens (primary N) is 1. The lowest BCUT2D eigenvalue weighted by molar-refractivity contribution is 0.488. The monoisotopic (exact) mass is 295 g/mol. The molecule has 0 bridgehead atoms. The molecule has 0 spiro atoms. The first-order chi connectivity index (χ1) is 8.98. The van der Waals surface area contributed by atoms with E-state index in [1.807, 2.05) is 30.5 Å². The van der Waals surface area contributed by atoms with E-state index in [9.17, 15) is 8.42 Å². The SMILES string of the molecule is CSc1ccc(-c2ccc(OS(N)(=O)=O)cc2)cc1. The van der Waals surface area contributed by atoms with E-state index in [1.165, 1.54) is 4.90 Å². The molecule has 2 aromatic rings. The van der Waals surface area contributed by atoms with Crippen molar-refractivity contribution in [2.45, 2.75) is 4.90 Å². The Bertz CT molecular complexity index is 649. The van der Waals surface area contributed by atoms with E-state index >= 15 is 0 Å². The fourth-order valence-electron chi connectivity index (χ4n) is 1.62. The van der Waals surface area contributed by atoms with Crippen LogP contribution in [0.3, 0.4) is 0 Å². The molecule has 4 nitrogen and oxygen atoms in total. The lowest BCUT2D eigenvalue weighted by atomic mass is 10.1. The van der Waals surface area contributed by atoms with Crippen LogP contribution in [-0.2, 0) is 10.3 Å². The summed E-state index contributed by atoms with van der Waals surface area (Å²) in [6, 6.07) is 14.8. The number of benzene rings is 2. The summed E-state index contributed by atoms with van der Waals surface area (Å²) in [7, 11) is -3.97. The van der Waals surface area contributed by atoms with Crippen LogP contribution in [0.4, 0.5) is 0 Å². The maximum Gasteiger partial charge on any atom is 0.380 e. The third-order valence-electron chi connectivity index (χ3n) is 2.49. The van der Waals surface area contributed by atoms with E-state index < -0.39 is 10.3 Å². The van der Waals surface area contributed by atoms with Gasteiger partial charge in [-0.1, -0.05) is 24.3 Å². The molecule has 100 valence electrons. The molecule has 0 atom stereocenters. The molecule has 0 radical (unpaired) electrons. The van der Waals surface area contributed by atoms with Gasteiger partial charge in [-0.15, -0.1) is 11.8 Å². The summed E-state index contributed by atoms with van der Waals surface area (Å²) >= 11 is 1.68. The van der Waals surface area contributed by atoms with Crippen molar-refractivity contribution in [3.63, 3.8) is 0 Å². The molecule has 19 heavy (non-hydrogen) atoms. The quantitative estimate of drug-likeness (QED) is 0.880. The molecule has 2 rings (SSSR count). The second-order valence-corrected chi connectivity index (χ2v) is 5.86. The average molecular weight is 295 g/mol. The summed E-state index contributed by atoms with van der Waals surface area (Å²) in [6.45, 7) is 0. The molecule has 0 saturated heterocycles. The van der Waals surface area contributed by atoms with Crippen molar-refractivity contribution >= 4 is 22.1 Å². The summed E-state index contributed by atoms with van der Waals surface area (Å²) in [5.41, 5.74) is 2.04. The van der Waals surface area contributed by atoms with Gasteiger partial charge in [0.25, 0.3) is 0 Å². The van der Waals surface area contributed by atoms with Crippen molar-refractivity contribution in [2.75, 3.05) is 6.26 Å². The van der Waals surface area contributed by atoms with E-state index in [4.69, 9.17) is 5.14 Å². The van der Waals surface area contributed by atoms with Crippen LogP contribution in [0.5, 0.6) is 5.75 Å². The molecule has 0 heterocycles. The molecule has 0 aliphatic heterocycles. The smallest absolute Gasteiger partial charge is 0.371 e. The summed E-state index contributed by atoms with van der Waals surface area (Å²) in [5, 5.41) is 4.80. The molecule has 0 saturated carbocycles.